The molecule has 0 saturated carbocycles. The molecule has 5 heteroatoms. The molecule has 0 saturated heterocycles. The first-order valence-corrected chi connectivity index (χ1v) is 8.15. The number of nitrogens with one attached hydrogen (secondary N) is 1. The lowest BCUT2D eigenvalue weighted by Gasteiger charge is -2.04. The van der Waals surface area contributed by atoms with Crippen LogP contribution in [0.2, 0.25) is 0 Å². The smallest absolute Gasteiger partial charge is 0.134 e. The summed E-state index contributed by atoms with van der Waals surface area (Å²) in [4.78, 5) is 0. The molecule has 0 aliphatic heterocycles. The Bertz CT molecular complexity index is 610. The van der Waals surface area contributed by atoms with Crippen LogP contribution in [-0.4, -0.2) is 22.8 Å². The first-order chi connectivity index (χ1) is 9.58. The van der Waals surface area contributed by atoms with E-state index in [1.807, 2.05) is 18.2 Å². The summed E-state index contributed by atoms with van der Waals surface area (Å²) in [5, 5.41) is 3.16. The molecule has 1 N–H and O–H groups in total. The van der Waals surface area contributed by atoms with Crippen LogP contribution in [0.15, 0.2) is 34.7 Å². The van der Waals surface area contributed by atoms with Gasteiger partial charge in [0, 0.05) is 34.9 Å². The second kappa shape index (κ2) is 6.81. The van der Waals surface area contributed by atoms with Crippen molar-refractivity contribution in [3.63, 3.8) is 0 Å². The lowest BCUT2D eigenvalue weighted by Crippen LogP contribution is -2.19. The van der Waals surface area contributed by atoms with Gasteiger partial charge in [0.2, 0.25) is 0 Å². The third kappa shape index (κ3) is 3.77. The predicted molar refractivity (Wildman–Crippen MR) is 79.5 cm³/mol. The summed E-state index contributed by atoms with van der Waals surface area (Å²) in [5.74, 6) is 1.84. The number of benzene rings is 1. The molecule has 0 unspecified atom stereocenters. The van der Waals surface area contributed by atoms with Crippen molar-refractivity contribution in [2.45, 2.75) is 13.5 Å². The van der Waals surface area contributed by atoms with Crippen LogP contribution >= 0.6 is 0 Å². The first-order valence-electron chi connectivity index (χ1n) is 6.43. The van der Waals surface area contributed by atoms with E-state index < -0.39 is 10.8 Å². The summed E-state index contributed by atoms with van der Waals surface area (Å²) in [5.41, 5.74) is 1.36. The highest BCUT2D eigenvalue weighted by atomic mass is 32.2. The summed E-state index contributed by atoms with van der Waals surface area (Å²) < 4.78 is 30.1. The molecule has 1 aromatic heterocycles. The lowest BCUT2D eigenvalue weighted by molar-refractivity contribution is 0.498. The number of hydrogen-bond acceptors (Lipinski definition) is 3. The van der Waals surface area contributed by atoms with Gasteiger partial charge in [0.25, 0.3) is 0 Å². The van der Waals surface area contributed by atoms with Crippen LogP contribution in [0.4, 0.5) is 4.39 Å². The van der Waals surface area contributed by atoms with Crippen LogP contribution in [0, 0.1) is 12.7 Å². The van der Waals surface area contributed by atoms with Crippen LogP contribution in [0.5, 0.6) is 0 Å². The molecule has 0 fully saturated rings. The molecule has 1 atom stereocenters. The molecule has 2 aromatic rings. The molecule has 20 heavy (non-hydrogen) atoms. The van der Waals surface area contributed by atoms with Gasteiger partial charge in [-0.05, 0) is 30.7 Å². The molecule has 1 heterocycles. The highest BCUT2D eigenvalue weighted by molar-refractivity contribution is 7.84. The minimum absolute atomic E-state index is 0.232. The van der Waals surface area contributed by atoms with E-state index in [0.717, 1.165) is 11.3 Å². The maximum Gasteiger partial charge on any atom is 0.134 e. The van der Waals surface area contributed by atoms with Crippen LogP contribution in [-0.2, 0) is 17.3 Å². The van der Waals surface area contributed by atoms with Crippen LogP contribution < -0.4 is 5.32 Å². The molecule has 0 aliphatic carbocycles. The zero-order chi connectivity index (χ0) is 14.5. The van der Waals surface area contributed by atoms with Gasteiger partial charge in [-0.1, -0.05) is 12.1 Å². The van der Waals surface area contributed by atoms with Gasteiger partial charge in [0.15, 0.2) is 0 Å². The molecule has 2 rings (SSSR count). The van der Waals surface area contributed by atoms with Crippen LogP contribution in [0.1, 0.15) is 11.3 Å². The van der Waals surface area contributed by atoms with E-state index in [4.69, 9.17) is 4.42 Å². The third-order valence-electron chi connectivity index (χ3n) is 3.06. The molecule has 0 bridgehead atoms. The maximum atomic E-state index is 13.5. The van der Waals surface area contributed by atoms with Crippen molar-refractivity contribution in [1.29, 1.82) is 0 Å². The van der Waals surface area contributed by atoms with E-state index in [-0.39, 0.29) is 5.82 Å². The molecule has 0 amide bonds. The van der Waals surface area contributed by atoms with E-state index in [0.29, 0.717) is 30.2 Å². The SMILES string of the molecule is Cc1c(F)cccc1-c1ccc(CNCC[S@@](C)=O)o1. The number of furan rings is 1. The topological polar surface area (TPSA) is 42.2 Å². The van der Waals surface area contributed by atoms with E-state index in [9.17, 15) is 8.60 Å². The van der Waals surface area contributed by atoms with Crippen molar-refractivity contribution in [3.05, 3.63) is 47.5 Å². The zero-order valence-corrected chi connectivity index (χ0v) is 12.4. The standard InChI is InChI=1S/C15H18FNO2S/c1-11-13(4-3-5-14(11)16)15-7-6-12(19-15)10-17-8-9-20(2)18/h3-7,17H,8-10H2,1-2H3/t20-/m1/s1. The predicted octanol–water partition coefficient (Wildman–Crippen LogP) is 2.86. The van der Waals surface area contributed by atoms with Gasteiger partial charge < -0.3 is 9.73 Å². The summed E-state index contributed by atoms with van der Waals surface area (Å²) >= 11 is 0. The fourth-order valence-corrected chi connectivity index (χ4v) is 2.35. The molecule has 1 aromatic carbocycles. The van der Waals surface area contributed by atoms with Crippen molar-refractivity contribution in [2.24, 2.45) is 0 Å². The summed E-state index contributed by atoms with van der Waals surface area (Å²) in [7, 11) is -0.788. The number of hydrogen-bond donors (Lipinski definition) is 1. The van der Waals surface area contributed by atoms with E-state index >= 15 is 0 Å². The van der Waals surface area contributed by atoms with Gasteiger partial charge in [0.05, 0.1) is 6.54 Å². The quantitative estimate of drug-likeness (QED) is 0.833. The zero-order valence-electron chi connectivity index (χ0n) is 11.6. The Morgan fingerprint density at radius 2 is 2.10 bits per heavy atom. The van der Waals surface area contributed by atoms with Gasteiger partial charge in [-0.15, -0.1) is 0 Å². The van der Waals surface area contributed by atoms with Gasteiger partial charge >= 0.3 is 0 Å². The molecule has 0 radical (unpaired) electrons. The number of rotatable bonds is 6. The molecule has 3 nitrogen and oxygen atoms in total. The highest BCUT2D eigenvalue weighted by Gasteiger charge is 2.09. The fourth-order valence-electron chi connectivity index (χ4n) is 1.92. The Kier molecular flexibility index (Phi) is 5.09. The van der Waals surface area contributed by atoms with Crippen molar-refractivity contribution in [1.82, 2.24) is 5.32 Å². The van der Waals surface area contributed by atoms with Crippen molar-refractivity contribution in [3.8, 4) is 11.3 Å². The largest absolute Gasteiger partial charge is 0.460 e. The second-order valence-corrected chi connectivity index (χ2v) is 6.19. The van der Waals surface area contributed by atoms with Crippen LogP contribution in [0.3, 0.4) is 0 Å². The Hall–Kier alpha value is -1.46. The second-order valence-electron chi connectivity index (χ2n) is 4.63. The summed E-state index contributed by atoms with van der Waals surface area (Å²) in [6.45, 7) is 2.99. The van der Waals surface area contributed by atoms with Crippen molar-refractivity contribution < 1.29 is 13.0 Å². The third-order valence-corrected chi connectivity index (χ3v) is 3.84. The Morgan fingerprint density at radius 1 is 1.30 bits per heavy atom. The van der Waals surface area contributed by atoms with Gasteiger partial charge in [-0.3, -0.25) is 4.21 Å². The highest BCUT2D eigenvalue weighted by Crippen LogP contribution is 2.26. The average molecular weight is 295 g/mol. The monoisotopic (exact) mass is 295 g/mol. The minimum Gasteiger partial charge on any atom is -0.460 e. The van der Waals surface area contributed by atoms with E-state index in [1.165, 1.54) is 6.07 Å². The average Bonchev–Trinajstić information content (AvgIpc) is 2.86. The molecule has 108 valence electrons. The molecule has 0 spiro atoms. The Labute approximate surface area is 120 Å². The summed E-state index contributed by atoms with van der Waals surface area (Å²) in [6.07, 6.45) is 1.68. The van der Waals surface area contributed by atoms with E-state index in [1.54, 1.807) is 19.2 Å². The van der Waals surface area contributed by atoms with Gasteiger partial charge in [-0.2, -0.15) is 0 Å². The van der Waals surface area contributed by atoms with Gasteiger partial charge in [-0.25, -0.2) is 4.39 Å². The number of halogens is 1. The minimum atomic E-state index is -0.788. The lowest BCUT2D eigenvalue weighted by atomic mass is 10.1. The first kappa shape index (κ1) is 14.9. The molecule has 0 aliphatic rings. The Balaban J connectivity index is 2.02. The fraction of sp³-hybridized carbons (Fsp3) is 0.333. The normalized spacial score (nSPS) is 12.6. The maximum absolute atomic E-state index is 13.5. The van der Waals surface area contributed by atoms with Crippen molar-refractivity contribution in [2.75, 3.05) is 18.6 Å². The molecular formula is C15H18FNO2S. The Morgan fingerprint density at radius 3 is 2.85 bits per heavy atom. The van der Waals surface area contributed by atoms with E-state index in [2.05, 4.69) is 5.32 Å². The van der Waals surface area contributed by atoms with Crippen molar-refractivity contribution >= 4 is 10.8 Å². The summed E-state index contributed by atoms with van der Waals surface area (Å²) in [6, 6.07) is 8.67. The van der Waals surface area contributed by atoms with Gasteiger partial charge in [0.1, 0.15) is 17.3 Å². The molecular weight excluding hydrogens is 277 g/mol. The van der Waals surface area contributed by atoms with Crippen LogP contribution in [0.25, 0.3) is 11.3 Å².